The Morgan fingerprint density at radius 3 is 2.84 bits per heavy atom. The molecule has 0 aromatic carbocycles. The van der Waals surface area contributed by atoms with Gasteiger partial charge in [-0.15, -0.1) is 4.91 Å². The number of pyridine rings is 1. The second-order valence-corrected chi connectivity index (χ2v) is 7.02. The van der Waals surface area contributed by atoms with Crippen LogP contribution in [0.1, 0.15) is 36.5 Å². The van der Waals surface area contributed by atoms with Crippen molar-refractivity contribution in [1.82, 2.24) is 15.6 Å². The van der Waals surface area contributed by atoms with E-state index >= 15 is 0 Å². The lowest BCUT2D eigenvalue weighted by Crippen LogP contribution is -2.49. The van der Waals surface area contributed by atoms with Gasteiger partial charge in [-0.2, -0.15) is 0 Å². The van der Waals surface area contributed by atoms with Crippen LogP contribution in [0.2, 0.25) is 0 Å². The summed E-state index contributed by atoms with van der Waals surface area (Å²) in [6, 6.07) is 2.42. The number of hydrogen-bond acceptors (Lipinski definition) is 8. The molecule has 1 aromatic heterocycles. The Bertz CT molecular complexity index is 593. The first-order chi connectivity index (χ1) is 12.1. The number of hydrogen-bond donors (Lipinski definition) is 2. The molecule has 2 heterocycles. The lowest BCUT2D eigenvalue weighted by Gasteiger charge is -2.36. The highest BCUT2D eigenvalue weighted by Gasteiger charge is 2.39. The Hall–Kier alpha value is -2.00. The minimum Gasteiger partial charge on any atom is -0.464 e. The van der Waals surface area contributed by atoms with Crippen LogP contribution in [0.3, 0.4) is 0 Å². The summed E-state index contributed by atoms with van der Waals surface area (Å²) in [4.78, 5) is 39.5. The van der Waals surface area contributed by atoms with Gasteiger partial charge in [-0.3, -0.25) is 9.78 Å². The number of piperidine rings is 1. The third-order valence-corrected chi connectivity index (χ3v) is 5.16. The molecular weight excluding hydrogens is 344 g/mol. The van der Waals surface area contributed by atoms with Gasteiger partial charge < -0.3 is 15.4 Å². The number of esters is 1. The smallest absolute Gasteiger partial charge is 0.328 e. The number of amides is 1. The van der Waals surface area contributed by atoms with Gasteiger partial charge in [0.2, 0.25) is 0 Å². The van der Waals surface area contributed by atoms with Crippen molar-refractivity contribution < 1.29 is 14.3 Å². The van der Waals surface area contributed by atoms with E-state index in [2.05, 4.69) is 20.2 Å². The Morgan fingerprint density at radius 2 is 2.24 bits per heavy atom. The van der Waals surface area contributed by atoms with Gasteiger partial charge in [-0.05, 0) is 51.4 Å². The van der Waals surface area contributed by atoms with Crippen molar-refractivity contribution in [2.45, 2.75) is 37.0 Å². The highest BCUT2D eigenvalue weighted by atomic mass is 32.2. The summed E-state index contributed by atoms with van der Waals surface area (Å²) in [5.41, 5.74) is 0.359. The number of nitrogens with one attached hydrogen (secondary N) is 2. The summed E-state index contributed by atoms with van der Waals surface area (Å²) in [6.45, 7) is 3.38. The van der Waals surface area contributed by atoms with E-state index in [-0.39, 0.29) is 13.0 Å². The average Bonchev–Trinajstić information content (AvgIpc) is 2.63. The van der Waals surface area contributed by atoms with Crippen molar-refractivity contribution >= 4 is 23.8 Å². The molecule has 1 unspecified atom stereocenters. The molecule has 1 aromatic rings. The Labute approximate surface area is 150 Å². The second kappa shape index (κ2) is 9.47. The third kappa shape index (κ3) is 5.50. The summed E-state index contributed by atoms with van der Waals surface area (Å²) in [5.74, 6) is -0.913. The van der Waals surface area contributed by atoms with Crippen LogP contribution >= 0.6 is 11.9 Å². The molecule has 1 aliphatic heterocycles. The fourth-order valence-corrected chi connectivity index (χ4v) is 3.63. The number of carbonyl (C=O) groups is 2. The molecule has 8 nitrogen and oxygen atoms in total. The number of aromatic nitrogens is 1. The topological polar surface area (TPSA) is 110 Å². The molecule has 0 bridgehead atoms. The highest BCUT2D eigenvalue weighted by Crippen LogP contribution is 2.39. The summed E-state index contributed by atoms with van der Waals surface area (Å²) in [5, 5.41) is 5.94. The minimum atomic E-state index is -0.847. The largest absolute Gasteiger partial charge is 0.464 e. The van der Waals surface area contributed by atoms with Crippen LogP contribution in [0.4, 0.5) is 0 Å². The maximum absolute atomic E-state index is 12.4. The fraction of sp³-hybridized carbons (Fsp3) is 0.562. The number of rotatable bonds is 8. The van der Waals surface area contributed by atoms with Crippen molar-refractivity contribution in [3.05, 3.63) is 35.0 Å². The van der Waals surface area contributed by atoms with Crippen molar-refractivity contribution in [2.24, 2.45) is 4.58 Å². The number of nitrogens with zero attached hydrogens (tertiary/aromatic N) is 2. The van der Waals surface area contributed by atoms with Gasteiger partial charge in [0.1, 0.15) is 6.04 Å². The SMILES string of the molecule is CCOC(=O)C(CC1(SN=O)CCNCC1)NC(=O)c1cccnc1. The van der Waals surface area contributed by atoms with E-state index in [9.17, 15) is 14.5 Å². The van der Waals surface area contributed by atoms with E-state index in [0.29, 0.717) is 18.4 Å². The zero-order valence-electron chi connectivity index (χ0n) is 14.1. The normalized spacial score (nSPS) is 17.3. The first-order valence-corrected chi connectivity index (χ1v) is 8.96. The molecule has 1 saturated heterocycles. The van der Waals surface area contributed by atoms with Crippen molar-refractivity contribution in [3.8, 4) is 0 Å². The molecule has 25 heavy (non-hydrogen) atoms. The first-order valence-electron chi connectivity index (χ1n) is 8.19. The monoisotopic (exact) mass is 366 g/mol. The van der Waals surface area contributed by atoms with Crippen molar-refractivity contribution in [1.29, 1.82) is 0 Å². The molecule has 1 fully saturated rings. The zero-order chi connectivity index (χ0) is 18.1. The van der Waals surface area contributed by atoms with Gasteiger partial charge in [0.15, 0.2) is 0 Å². The molecule has 2 rings (SSSR count). The summed E-state index contributed by atoms with van der Waals surface area (Å²) < 4.78 is 7.60. The molecule has 1 aliphatic rings. The predicted octanol–water partition coefficient (Wildman–Crippen LogP) is 1.67. The van der Waals surface area contributed by atoms with Gasteiger partial charge >= 0.3 is 5.97 Å². The molecule has 2 N–H and O–H groups in total. The molecule has 0 aliphatic carbocycles. The van der Waals surface area contributed by atoms with Crippen LogP contribution in [0.15, 0.2) is 29.1 Å². The van der Waals surface area contributed by atoms with Gasteiger partial charge in [-0.25, -0.2) is 4.79 Å². The van der Waals surface area contributed by atoms with E-state index in [4.69, 9.17) is 4.74 Å². The Balaban J connectivity index is 2.15. The van der Waals surface area contributed by atoms with Crippen LogP contribution in [0.25, 0.3) is 0 Å². The van der Waals surface area contributed by atoms with E-state index in [1.54, 1.807) is 25.3 Å². The van der Waals surface area contributed by atoms with Gasteiger partial charge in [0.05, 0.1) is 12.2 Å². The molecule has 136 valence electrons. The maximum Gasteiger partial charge on any atom is 0.328 e. The van der Waals surface area contributed by atoms with Gasteiger partial charge in [0, 0.05) is 33.7 Å². The summed E-state index contributed by atoms with van der Waals surface area (Å²) in [6.07, 6.45) is 4.65. The number of nitroso groups, excluding NO2 is 1. The fourth-order valence-electron chi connectivity index (χ4n) is 2.84. The molecule has 0 radical (unpaired) electrons. The highest BCUT2D eigenvalue weighted by molar-refractivity contribution is 7.99. The van der Waals surface area contributed by atoms with Gasteiger partial charge in [0.25, 0.3) is 5.91 Å². The quantitative estimate of drug-likeness (QED) is 0.409. The van der Waals surface area contributed by atoms with Crippen LogP contribution < -0.4 is 10.6 Å². The van der Waals surface area contributed by atoms with Crippen LogP contribution in [-0.4, -0.2) is 47.3 Å². The zero-order valence-corrected chi connectivity index (χ0v) is 14.9. The number of ether oxygens (including phenoxy) is 1. The van der Waals surface area contributed by atoms with Crippen LogP contribution in [-0.2, 0) is 9.53 Å². The molecule has 1 amide bonds. The molecule has 1 atom stereocenters. The molecule has 0 spiro atoms. The Morgan fingerprint density at radius 1 is 1.48 bits per heavy atom. The standard InChI is InChI=1S/C16H22N4O4S/c1-2-24-15(22)13(19-14(21)12-4-3-7-18-11-12)10-16(25-20-23)5-8-17-9-6-16/h3-4,7,11,13,17H,2,5-6,8-10H2,1H3,(H,19,21). The van der Waals surface area contributed by atoms with E-state index < -0.39 is 22.7 Å². The molecule has 9 heteroatoms. The predicted molar refractivity (Wildman–Crippen MR) is 95.0 cm³/mol. The van der Waals surface area contributed by atoms with Crippen molar-refractivity contribution in [3.63, 3.8) is 0 Å². The average molecular weight is 366 g/mol. The number of carbonyl (C=O) groups excluding carboxylic acids is 2. The van der Waals surface area contributed by atoms with E-state index in [1.165, 1.54) is 6.20 Å². The molecule has 0 saturated carbocycles. The summed E-state index contributed by atoms with van der Waals surface area (Å²) in [7, 11) is 0. The van der Waals surface area contributed by atoms with E-state index in [0.717, 1.165) is 25.0 Å². The Kier molecular flexibility index (Phi) is 7.32. The van der Waals surface area contributed by atoms with Crippen molar-refractivity contribution in [2.75, 3.05) is 19.7 Å². The summed E-state index contributed by atoms with van der Waals surface area (Å²) >= 11 is 0.944. The first kappa shape index (κ1) is 19.3. The van der Waals surface area contributed by atoms with E-state index in [1.807, 2.05) is 0 Å². The van der Waals surface area contributed by atoms with Gasteiger partial charge in [-0.1, -0.05) is 0 Å². The lowest BCUT2D eigenvalue weighted by atomic mass is 9.89. The van der Waals surface area contributed by atoms with Crippen LogP contribution in [0.5, 0.6) is 0 Å². The second-order valence-electron chi connectivity index (χ2n) is 5.82. The lowest BCUT2D eigenvalue weighted by molar-refractivity contribution is -0.145. The molecular formula is C16H22N4O4S. The van der Waals surface area contributed by atoms with Crippen LogP contribution in [0, 0.1) is 4.91 Å². The minimum absolute atomic E-state index is 0.214. The third-order valence-electron chi connectivity index (χ3n) is 4.12. The maximum atomic E-state index is 12.4.